The monoisotopic (exact) mass is 520 g/mol. The van der Waals surface area contributed by atoms with E-state index < -0.39 is 0 Å². The van der Waals surface area contributed by atoms with E-state index in [0.717, 1.165) is 56.6 Å². The molecule has 0 amide bonds. The summed E-state index contributed by atoms with van der Waals surface area (Å²) >= 11 is 0. The van der Waals surface area contributed by atoms with Crippen molar-refractivity contribution >= 4 is 5.71 Å². The summed E-state index contributed by atoms with van der Waals surface area (Å²) in [6, 6.07) is 2.71. The van der Waals surface area contributed by atoms with E-state index in [1.54, 1.807) is 0 Å². The Hall–Kier alpha value is -2.64. The smallest absolute Gasteiger partial charge is 0.0991 e. The van der Waals surface area contributed by atoms with Crippen LogP contribution in [0.25, 0.3) is 0 Å². The molecule has 212 valence electrons. The second-order valence-electron chi connectivity index (χ2n) is 11.0. The Kier molecular flexibility index (Phi) is 18.1. The third-order valence-electron chi connectivity index (χ3n) is 6.36. The molecule has 1 atom stereocenters. The summed E-state index contributed by atoms with van der Waals surface area (Å²) in [5.41, 5.74) is 7.22. The van der Waals surface area contributed by atoms with Gasteiger partial charge in [0.1, 0.15) is 0 Å². The van der Waals surface area contributed by atoms with Crippen molar-refractivity contribution in [2.75, 3.05) is 19.6 Å². The fourth-order valence-electron chi connectivity index (χ4n) is 4.49. The fraction of sp³-hybridized carbons (Fsp3) is 0.588. The van der Waals surface area contributed by atoms with Crippen molar-refractivity contribution in [2.45, 2.75) is 108 Å². The van der Waals surface area contributed by atoms with Crippen LogP contribution in [0.1, 0.15) is 102 Å². The van der Waals surface area contributed by atoms with Gasteiger partial charge in [0.05, 0.1) is 11.6 Å². The molecule has 0 aromatic rings. The molecule has 0 aliphatic carbocycles. The molecule has 0 spiro atoms. The van der Waals surface area contributed by atoms with Crippen molar-refractivity contribution in [3.8, 4) is 6.07 Å². The van der Waals surface area contributed by atoms with Gasteiger partial charge in [-0.3, -0.25) is 4.99 Å². The molecule has 4 nitrogen and oxygen atoms in total. The lowest BCUT2D eigenvalue weighted by molar-refractivity contribution is 0.255. The maximum Gasteiger partial charge on any atom is 0.0991 e. The molecule has 1 aliphatic rings. The van der Waals surface area contributed by atoms with Gasteiger partial charge in [0, 0.05) is 48.9 Å². The lowest BCUT2D eigenvalue weighted by atomic mass is 9.79. The van der Waals surface area contributed by atoms with Crippen LogP contribution in [0.5, 0.6) is 0 Å². The summed E-state index contributed by atoms with van der Waals surface area (Å²) in [7, 11) is 0. The van der Waals surface area contributed by atoms with E-state index in [2.05, 4.69) is 105 Å². The van der Waals surface area contributed by atoms with E-state index in [4.69, 9.17) is 10.3 Å². The Morgan fingerprint density at radius 1 is 1.11 bits per heavy atom. The second-order valence-corrected chi connectivity index (χ2v) is 11.0. The van der Waals surface area contributed by atoms with Crippen LogP contribution in [-0.4, -0.2) is 36.3 Å². The summed E-state index contributed by atoms with van der Waals surface area (Å²) in [6.45, 7) is 27.2. The number of rotatable bonds is 10. The number of aliphatic imine (C=N–C) groups is 1. The summed E-state index contributed by atoms with van der Waals surface area (Å²) in [5.74, 6) is 0. The van der Waals surface area contributed by atoms with Gasteiger partial charge >= 0.3 is 0 Å². The van der Waals surface area contributed by atoms with Crippen molar-refractivity contribution in [1.82, 2.24) is 10.2 Å². The van der Waals surface area contributed by atoms with Crippen molar-refractivity contribution < 1.29 is 0 Å². The first-order valence-electron chi connectivity index (χ1n) is 14.5. The molecule has 0 bridgehead atoms. The Labute approximate surface area is 235 Å². The van der Waals surface area contributed by atoms with Crippen LogP contribution < -0.4 is 5.32 Å². The molecule has 1 aliphatic heterocycles. The van der Waals surface area contributed by atoms with E-state index in [0.29, 0.717) is 6.04 Å². The molecular formula is C34H56N4. The van der Waals surface area contributed by atoms with Gasteiger partial charge in [-0.05, 0) is 77.0 Å². The van der Waals surface area contributed by atoms with Gasteiger partial charge in [0.25, 0.3) is 0 Å². The molecule has 1 N–H and O–H groups in total. The summed E-state index contributed by atoms with van der Waals surface area (Å²) < 4.78 is 0. The highest BCUT2D eigenvalue weighted by atomic mass is 15.2. The molecule has 1 heterocycles. The van der Waals surface area contributed by atoms with Crippen molar-refractivity contribution in [2.24, 2.45) is 10.4 Å². The van der Waals surface area contributed by atoms with Gasteiger partial charge in [-0.1, -0.05) is 77.8 Å². The predicted octanol–water partition coefficient (Wildman–Crippen LogP) is 9.08. The maximum atomic E-state index is 8.85. The zero-order valence-corrected chi connectivity index (χ0v) is 26.4. The van der Waals surface area contributed by atoms with Gasteiger partial charge < -0.3 is 10.2 Å². The standard InChI is InChI=1S/C21H37N3.C13H19N/c1-9-11-12-23-17(4)20(19(10-2)21(6,7)8)18(5)24-14-13-22-16(3)15-24;1-4-6-7-9-13(11-14)10-12(3)8-5-2/h10-12,16,22H,9,13-15H2,1-8H3;6-7,9-10H,4-5,8H2,1-3H3/b12-11+,19-10+,20-18-,23-17+;7-6+,12-10+,13-9+. The topological polar surface area (TPSA) is 51.4 Å². The number of allylic oxidation sites excluding steroid dienone is 11. The Morgan fingerprint density at radius 2 is 1.76 bits per heavy atom. The lowest BCUT2D eigenvalue weighted by Gasteiger charge is -2.37. The van der Waals surface area contributed by atoms with Gasteiger partial charge in [0.2, 0.25) is 0 Å². The Morgan fingerprint density at radius 3 is 2.26 bits per heavy atom. The number of hydrogen-bond donors (Lipinski definition) is 1. The highest BCUT2D eigenvalue weighted by Crippen LogP contribution is 2.34. The van der Waals surface area contributed by atoms with Crippen LogP contribution >= 0.6 is 0 Å². The second kappa shape index (κ2) is 19.4. The van der Waals surface area contributed by atoms with Crippen LogP contribution in [0.4, 0.5) is 0 Å². The highest BCUT2D eigenvalue weighted by Gasteiger charge is 2.26. The van der Waals surface area contributed by atoms with Gasteiger partial charge in [-0.2, -0.15) is 5.26 Å². The van der Waals surface area contributed by atoms with E-state index in [-0.39, 0.29) is 5.41 Å². The minimum atomic E-state index is 0.0935. The molecule has 4 heteroatoms. The van der Waals surface area contributed by atoms with E-state index >= 15 is 0 Å². The number of hydrogen-bond acceptors (Lipinski definition) is 4. The SMILES string of the molecule is CC/C=C/C=C(C#N)\C=C(/C)CCC.C\C=C(C(/C(C)=N/C=C/CC)=C(/C)N1CCNC(C)C1)\C(C)(C)C. The summed E-state index contributed by atoms with van der Waals surface area (Å²) in [4.78, 5) is 7.23. The maximum absolute atomic E-state index is 8.85. The van der Waals surface area contributed by atoms with Gasteiger partial charge in [-0.25, -0.2) is 0 Å². The molecule has 1 rings (SSSR count). The molecule has 0 saturated carbocycles. The zero-order chi connectivity index (χ0) is 29.1. The average molecular weight is 521 g/mol. The predicted molar refractivity (Wildman–Crippen MR) is 169 cm³/mol. The first-order valence-corrected chi connectivity index (χ1v) is 14.5. The van der Waals surface area contributed by atoms with Gasteiger partial charge in [0.15, 0.2) is 0 Å². The van der Waals surface area contributed by atoms with Crippen LogP contribution in [-0.2, 0) is 0 Å². The molecule has 1 unspecified atom stereocenters. The Balaban J connectivity index is 0.000000835. The molecule has 1 fully saturated rings. The number of nitrogens with one attached hydrogen (secondary N) is 1. The third-order valence-corrected chi connectivity index (χ3v) is 6.36. The zero-order valence-electron chi connectivity index (χ0n) is 26.4. The highest BCUT2D eigenvalue weighted by molar-refractivity contribution is 6.03. The minimum absolute atomic E-state index is 0.0935. The first kappa shape index (κ1) is 35.4. The summed E-state index contributed by atoms with van der Waals surface area (Å²) in [6.07, 6.45) is 18.3. The average Bonchev–Trinajstić information content (AvgIpc) is 2.86. The lowest BCUT2D eigenvalue weighted by Crippen LogP contribution is -2.48. The van der Waals surface area contributed by atoms with Crippen LogP contribution in [0, 0.1) is 16.7 Å². The van der Waals surface area contributed by atoms with Crippen molar-refractivity contribution in [1.29, 1.82) is 5.26 Å². The third kappa shape index (κ3) is 13.8. The normalized spacial score (nSPS) is 18.9. The largest absolute Gasteiger partial charge is 0.372 e. The molecule has 0 aromatic heterocycles. The van der Waals surface area contributed by atoms with E-state index in [1.807, 2.05) is 30.5 Å². The van der Waals surface area contributed by atoms with Crippen molar-refractivity contribution in [3.05, 3.63) is 70.6 Å². The quantitative estimate of drug-likeness (QED) is 0.177. The number of nitriles is 1. The van der Waals surface area contributed by atoms with Crippen molar-refractivity contribution in [3.63, 3.8) is 0 Å². The Bertz CT molecular complexity index is 955. The fourth-order valence-corrected chi connectivity index (χ4v) is 4.49. The first-order chi connectivity index (χ1) is 18.0. The van der Waals surface area contributed by atoms with Crippen LogP contribution in [0.2, 0.25) is 0 Å². The van der Waals surface area contributed by atoms with Crippen LogP contribution in [0.15, 0.2) is 75.6 Å². The molecule has 0 aromatic carbocycles. The molecule has 1 saturated heterocycles. The van der Waals surface area contributed by atoms with E-state index in [9.17, 15) is 0 Å². The van der Waals surface area contributed by atoms with E-state index in [1.165, 1.54) is 22.4 Å². The molecular weight excluding hydrogens is 464 g/mol. The number of piperazine rings is 1. The summed E-state index contributed by atoms with van der Waals surface area (Å²) in [5, 5.41) is 12.4. The minimum Gasteiger partial charge on any atom is -0.372 e. The van der Waals surface area contributed by atoms with Gasteiger partial charge in [-0.15, -0.1) is 0 Å². The molecule has 0 radical (unpaired) electrons. The number of nitrogens with zero attached hydrogens (tertiary/aromatic N) is 3. The molecule has 38 heavy (non-hydrogen) atoms. The van der Waals surface area contributed by atoms with Crippen LogP contribution in [0.3, 0.4) is 0 Å².